The zero-order chi connectivity index (χ0) is 24.8. The number of nitrogens with zero attached hydrogens (tertiary/aromatic N) is 3. The van der Waals surface area contributed by atoms with Gasteiger partial charge in [-0.1, -0.05) is 36.4 Å². The molecule has 186 valence electrons. The Labute approximate surface area is 204 Å². The molecule has 4 rings (SSSR count). The first-order valence-corrected chi connectivity index (χ1v) is 11.9. The monoisotopic (exact) mass is 481 g/mol. The molecule has 2 aliphatic heterocycles. The average Bonchev–Trinajstić information content (AvgIpc) is 2.86. The molecule has 2 aromatic rings. The average molecular weight is 482 g/mol. The molecule has 2 saturated heterocycles. The lowest BCUT2D eigenvalue weighted by Gasteiger charge is -2.38. The summed E-state index contributed by atoms with van der Waals surface area (Å²) < 4.78 is 5.03. The van der Waals surface area contributed by atoms with Crippen LogP contribution in [0.25, 0.3) is 10.8 Å². The molecular weight excluding hydrogens is 450 g/mol. The summed E-state index contributed by atoms with van der Waals surface area (Å²) in [5.41, 5.74) is 0.668. The largest absolute Gasteiger partial charge is 0.450 e. The summed E-state index contributed by atoms with van der Waals surface area (Å²) in [6.45, 7) is 4.94. The van der Waals surface area contributed by atoms with E-state index < -0.39 is 6.04 Å². The molecule has 0 spiro atoms. The van der Waals surface area contributed by atoms with Crippen LogP contribution < -0.4 is 10.6 Å². The second-order valence-electron chi connectivity index (χ2n) is 8.64. The van der Waals surface area contributed by atoms with Gasteiger partial charge in [-0.15, -0.1) is 0 Å². The van der Waals surface area contributed by atoms with Crippen molar-refractivity contribution >= 4 is 40.3 Å². The first-order chi connectivity index (χ1) is 17.0. The number of fused-ring (bicyclic) bond motifs is 1. The van der Waals surface area contributed by atoms with Gasteiger partial charge in [-0.2, -0.15) is 0 Å². The highest BCUT2D eigenvalue weighted by atomic mass is 16.6. The van der Waals surface area contributed by atoms with Crippen LogP contribution in [0.3, 0.4) is 0 Å². The fraction of sp³-hybridized carbons (Fsp3) is 0.440. The molecule has 0 radical (unpaired) electrons. The minimum Gasteiger partial charge on any atom is -0.450 e. The molecule has 0 unspecified atom stereocenters. The fourth-order valence-electron chi connectivity index (χ4n) is 4.51. The van der Waals surface area contributed by atoms with Crippen molar-refractivity contribution in [3.63, 3.8) is 0 Å². The predicted molar refractivity (Wildman–Crippen MR) is 131 cm³/mol. The number of rotatable bonds is 6. The van der Waals surface area contributed by atoms with Crippen LogP contribution in [-0.4, -0.2) is 97.0 Å². The number of nitrogens with one attached hydrogen (secondary N) is 2. The summed E-state index contributed by atoms with van der Waals surface area (Å²) in [5.74, 6) is -0.860. The third-order valence-corrected chi connectivity index (χ3v) is 6.35. The van der Waals surface area contributed by atoms with Crippen molar-refractivity contribution in [3.8, 4) is 0 Å². The zero-order valence-corrected chi connectivity index (χ0v) is 19.9. The predicted octanol–water partition coefficient (Wildman–Crippen LogP) is 1.27. The second kappa shape index (κ2) is 11.2. The van der Waals surface area contributed by atoms with E-state index in [1.165, 1.54) is 4.90 Å². The van der Waals surface area contributed by atoms with E-state index in [0.717, 1.165) is 10.8 Å². The molecule has 0 bridgehead atoms. The van der Waals surface area contributed by atoms with Crippen LogP contribution >= 0.6 is 0 Å². The van der Waals surface area contributed by atoms with Crippen LogP contribution in [0.4, 0.5) is 10.5 Å². The Kier molecular flexibility index (Phi) is 7.81. The van der Waals surface area contributed by atoms with Crippen LogP contribution in [-0.2, 0) is 19.1 Å². The second-order valence-corrected chi connectivity index (χ2v) is 8.64. The van der Waals surface area contributed by atoms with Gasteiger partial charge in [-0.05, 0) is 18.4 Å². The third kappa shape index (κ3) is 5.89. The van der Waals surface area contributed by atoms with E-state index in [4.69, 9.17) is 4.74 Å². The van der Waals surface area contributed by atoms with Gasteiger partial charge in [0.15, 0.2) is 0 Å². The van der Waals surface area contributed by atoms with Gasteiger partial charge in [0, 0.05) is 50.3 Å². The summed E-state index contributed by atoms with van der Waals surface area (Å²) in [4.78, 5) is 55.6. The van der Waals surface area contributed by atoms with Gasteiger partial charge in [0.25, 0.3) is 0 Å². The van der Waals surface area contributed by atoms with Crippen LogP contribution in [0, 0.1) is 0 Å². The van der Waals surface area contributed by atoms with Gasteiger partial charge in [-0.25, -0.2) is 4.79 Å². The number of piperazine rings is 2. The smallest absolute Gasteiger partial charge is 0.409 e. The Balaban J connectivity index is 1.36. The molecule has 2 N–H and O–H groups in total. The Morgan fingerprint density at radius 2 is 1.77 bits per heavy atom. The van der Waals surface area contributed by atoms with Crippen molar-refractivity contribution in [3.05, 3.63) is 42.5 Å². The SMILES string of the molecule is CCOC(=O)N1CCN(CC(=O)N2CCNC(=O)[C@@H]2CC(=O)Nc2cccc3ccccc23)CC1. The molecule has 2 aromatic carbocycles. The number of carbonyl (C=O) groups is 4. The van der Waals surface area contributed by atoms with Gasteiger partial charge in [0.1, 0.15) is 6.04 Å². The summed E-state index contributed by atoms with van der Waals surface area (Å²) in [6.07, 6.45) is -0.472. The Morgan fingerprint density at radius 3 is 2.54 bits per heavy atom. The van der Waals surface area contributed by atoms with Crippen molar-refractivity contribution in [2.45, 2.75) is 19.4 Å². The number of carbonyl (C=O) groups excluding carboxylic acids is 4. The van der Waals surface area contributed by atoms with Gasteiger partial charge in [0.05, 0.1) is 19.6 Å². The molecule has 10 heteroatoms. The molecule has 2 aliphatic rings. The molecule has 0 aliphatic carbocycles. The number of hydrogen-bond donors (Lipinski definition) is 2. The first kappa shape index (κ1) is 24.5. The Bertz CT molecular complexity index is 1090. The van der Waals surface area contributed by atoms with E-state index in [1.54, 1.807) is 11.8 Å². The lowest BCUT2D eigenvalue weighted by Crippen LogP contribution is -2.60. The number of ether oxygens (including phenoxy) is 1. The summed E-state index contributed by atoms with van der Waals surface area (Å²) in [6, 6.07) is 12.5. The minimum atomic E-state index is -0.868. The summed E-state index contributed by atoms with van der Waals surface area (Å²) in [7, 11) is 0. The molecule has 0 aromatic heterocycles. The highest BCUT2D eigenvalue weighted by molar-refractivity contribution is 6.04. The standard InChI is InChI=1S/C25H31N5O5/c1-2-35-25(34)29-14-12-28(13-15-29)17-23(32)30-11-10-26-24(33)21(30)16-22(31)27-20-9-5-7-18-6-3-4-8-19(18)20/h3-9,21H,2,10-17H2,1H3,(H,26,33)(H,27,31)/t21-/m0/s1. The van der Waals surface area contributed by atoms with Crippen LogP contribution in [0.2, 0.25) is 0 Å². The minimum absolute atomic E-state index is 0.128. The molecule has 1 atom stereocenters. The number of anilines is 1. The maximum absolute atomic E-state index is 13.1. The lowest BCUT2D eigenvalue weighted by atomic mass is 10.1. The van der Waals surface area contributed by atoms with Gasteiger partial charge in [-0.3, -0.25) is 19.3 Å². The summed E-state index contributed by atoms with van der Waals surface area (Å²) >= 11 is 0. The zero-order valence-electron chi connectivity index (χ0n) is 19.9. The first-order valence-electron chi connectivity index (χ1n) is 11.9. The van der Waals surface area contributed by atoms with E-state index >= 15 is 0 Å². The van der Waals surface area contributed by atoms with E-state index in [0.29, 0.717) is 51.6 Å². The third-order valence-electron chi connectivity index (χ3n) is 6.35. The van der Waals surface area contributed by atoms with Crippen molar-refractivity contribution in [1.29, 1.82) is 0 Å². The summed E-state index contributed by atoms with van der Waals surface area (Å²) in [5, 5.41) is 7.58. The molecule has 0 saturated carbocycles. The van der Waals surface area contributed by atoms with Crippen LogP contribution in [0.15, 0.2) is 42.5 Å². The normalized spacial score (nSPS) is 18.8. The highest BCUT2D eigenvalue weighted by Gasteiger charge is 2.35. The Hall–Kier alpha value is -3.66. The maximum atomic E-state index is 13.1. The van der Waals surface area contributed by atoms with Crippen molar-refractivity contribution in [2.24, 2.45) is 0 Å². The molecule has 4 amide bonds. The molecular formula is C25H31N5O5. The molecule has 2 heterocycles. The van der Waals surface area contributed by atoms with E-state index in [1.807, 2.05) is 47.4 Å². The van der Waals surface area contributed by atoms with Gasteiger partial charge in [0.2, 0.25) is 17.7 Å². The van der Waals surface area contributed by atoms with Gasteiger partial charge >= 0.3 is 6.09 Å². The number of amides is 4. The number of benzene rings is 2. The quantitative estimate of drug-likeness (QED) is 0.643. The Morgan fingerprint density at radius 1 is 1.03 bits per heavy atom. The molecule has 2 fully saturated rings. The van der Waals surface area contributed by atoms with Crippen LogP contribution in [0.5, 0.6) is 0 Å². The van der Waals surface area contributed by atoms with Gasteiger partial charge < -0.3 is 25.2 Å². The van der Waals surface area contributed by atoms with E-state index in [9.17, 15) is 19.2 Å². The fourth-order valence-corrected chi connectivity index (χ4v) is 4.51. The van der Waals surface area contributed by atoms with Crippen molar-refractivity contribution in [2.75, 3.05) is 57.7 Å². The molecule has 10 nitrogen and oxygen atoms in total. The number of hydrogen-bond acceptors (Lipinski definition) is 6. The van der Waals surface area contributed by atoms with E-state index in [-0.39, 0.29) is 36.8 Å². The highest BCUT2D eigenvalue weighted by Crippen LogP contribution is 2.23. The van der Waals surface area contributed by atoms with Crippen molar-refractivity contribution < 1.29 is 23.9 Å². The van der Waals surface area contributed by atoms with E-state index in [2.05, 4.69) is 10.6 Å². The van der Waals surface area contributed by atoms with Crippen molar-refractivity contribution in [1.82, 2.24) is 20.0 Å². The van der Waals surface area contributed by atoms with Crippen LogP contribution in [0.1, 0.15) is 13.3 Å². The maximum Gasteiger partial charge on any atom is 0.409 e. The topological polar surface area (TPSA) is 111 Å². The molecule has 35 heavy (non-hydrogen) atoms. The lowest BCUT2D eigenvalue weighted by molar-refractivity contribution is -0.145.